The number of carbonyl (C=O) groups is 1. The monoisotopic (exact) mass is 637 g/mol. The number of nitrogens with zero attached hydrogens (tertiary/aromatic N) is 5. The third kappa shape index (κ3) is 8.00. The minimum absolute atomic E-state index is 0.0308. The van der Waals surface area contributed by atoms with Crippen LogP contribution in [0.4, 0.5) is 5.82 Å². The fourth-order valence-corrected chi connectivity index (χ4v) is 6.96. The van der Waals surface area contributed by atoms with Gasteiger partial charge in [0.15, 0.2) is 0 Å². The molecule has 0 radical (unpaired) electrons. The Kier molecular flexibility index (Phi) is 9.88. The summed E-state index contributed by atoms with van der Waals surface area (Å²) in [5, 5.41) is 4.07. The number of ether oxygens (including phenoxy) is 1. The topological polar surface area (TPSA) is 99.9 Å². The quantitative estimate of drug-likeness (QED) is 0.330. The standard InChI is InChI=1S/C33H41Cl2N7O2/c1-22(43)37-19-23-4-6-40(7-5-23)21-24-12-31(25-14-26(34)16-27(35)15-25)39-33(13-24)44-30-2-3-32(38-20-30)42-10-8-41(9-11-42)29-17-28(36)18-29/h2-3,12-16,20,23,28-29H,4-11,17-19,21,36H2,1H3,(H,37,43). The lowest BCUT2D eigenvalue weighted by Crippen LogP contribution is -2.57. The van der Waals surface area contributed by atoms with E-state index in [0.717, 1.165) is 101 Å². The van der Waals surface area contributed by atoms with Crippen molar-refractivity contribution in [3.63, 3.8) is 0 Å². The van der Waals surface area contributed by atoms with Gasteiger partial charge in [-0.3, -0.25) is 14.6 Å². The van der Waals surface area contributed by atoms with Gasteiger partial charge in [0.2, 0.25) is 11.8 Å². The smallest absolute Gasteiger partial charge is 0.220 e. The Morgan fingerprint density at radius 1 is 1.00 bits per heavy atom. The number of hydrogen-bond acceptors (Lipinski definition) is 8. The summed E-state index contributed by atoms with van der Waals surface area (Å²) in [4.78, 5) is 28.2. The number of nitrogens with two attached hydrogens (primary N) is 1. The van der Waals surface area contributed by atoms with Gasteiger partial charge in [-0.2, -0.15) is 0 Å². The number of halogens is 2. The average molecular weight is 639 g/mol. The molecule has 0 bridgehead atoms. The van der Waals surface area contributed by atoms with Crippen LogP contribution in [0, 0.1) is 5.92 Å². The number of amides is 1. The van der Waals surface area contributed by atoms with Crippen molar-refractivity contribution in [1.82, 2.24) is 25.1 Å². The van der Waals surface area contributed by atoms with Gasteiger partial charge in [0.25, 0.3) is 0 Å². The highest BCUT2D eigenvalue weighted by Crippen LogP contribution is 2.31. The van der Waals surface area contributed by atoms with E-state index in [1.165, 1.54) is 0 Å². The zero-order chi connectivity index (χ0) is 30.6. The van der Waals surface area contributed by atoms with Gasteiger partial charge in [-0.05, 0) is 86.7 Å². The van der Waals surface area contributed by atoms with E-state index in [1.807, 2.05) is 30.3 Å². The van der Waals surface area contributed by atoms with E-state index in [4.69, 9.17) is 43.6 Å². The van der Waals surface area contributed by atoms with Crippen LogP contribution in [0.2, 0.25) is 10.0 Å². The van der Waals surface area contributed by atoms with Crippen molar-refractivity contribution >= 4 is 34.9 Å². The minimum Gasteiger partial charge on any atom is -0.437 e. The third-order valence-electron chi connectivity index (χ3n) is 9.02. The van der Waals surface area contributed by atoms with Crippen LogP contribution in [0.1, 0.15) is 38.2 Å². The van der Waals surface area contributed by atoms with Crippen LogP contribution in [-0.2, 0) is 11.3 Å². The molecule has 0 unspecified atom stereocenters. The Bertz CT molecular complexity index is 1410. The molecular formula is C33H41Cl2N7O2. The molecule has 2 saturated heterocycles. The van der Waals surface area contributed by atoms with E-state index in [9.17, 15) is 4.79 Å². The molecule has 4 heterocycles. The number of pyridine rings is 2. The number of piperazine rings is 1. The second-order valence-corrected chi connectivity index (χ2v) is 13.2. The first-order valence-electron chi connectivity index (χ1n) is 15.6. The Balaban J connectivity index is 1.13. The van der Waals surface area contributed by atoms with Crippen molar-refractivity contribution in [1.29, 1.82) is 0 Å². The summed E-state index contributed by atoms with van der Waals surface area (Å²) in [7, 11) is 0. The van der Waals surface area contributed by atoms with Gasteiger partial charge >= 0.3 is 0 Å². The number of rotatable bonds is 9. The predicted octanol–water partition coefficient (Wildman–Crippen LogP) is 5.20. The van der Waals surface area contributed by atoms with Gasteiger partial charge in [-0.1, -0.05) is 23.2 Å². The molecule has 6 rings (SSSR count). The normalized spacial score (nSPS) is 21.6. The molecule has 1 aliphatic carbocycles. The van der Waals surface area contributed by atoms with Crippen LogP contribution < -0.4 is 20.7 Å². The summed E-state index contributed by atoms with van der Waals surface area (Å²) >= 11 is 12.7. The number of benzene rings is 1. The van der Waals surface area contributed by atoms with E-state index < -0.39 is 0 Å². The highest BCUT2D eigenvalue weighted by molar-refractivity contribution is 6.35. The SMILES string of the molecule is CC(=O)NCC1CCN(Cc2cc(Oc3ccc(N4CCN(C5CC(N)C5)CC4)nc3)nc(-c3cc(Cl)cc(Cl)c3)c2)CC1. The van der Waals surface area contributed by atoms with Gasteiger partial charge in [-0.15, -0.1) is 0 Å². The second kappa shape index (κ2) is 14.0. The molecule has 3 fully saturated rings. The average Bonchev–Trinajstić information content (AvgIpc) is 2.99. The first-order chi connectivity index (χ1) is 21.3. The van der Waals surface area contributed by atoms with Gasteiger partial charge in [0.1, 0.15) is 11.6 Å². The van der Waals surface area contributed by atoms with E-state index in [2.05, 4.69) is 26.1 Å². The first-order valence-corrected chi connectivity index (χ1v) is 16.4. The highest BCUT2D eigenvalue weighted by atomic mass is 35.5. The van der Waals surface area contributed by atoms with Gasteiger partial charge in [-0.25, -0.2) is 9.97 Å². The van der Waals surface area contributed by atoms with Crippen LogP contribution in [0.5, 0.6) is 11.6 Å². The van der Waals surface area contributed by atoms with Crippen LogP contribution in [0.25, 0.3) is 11.3 Å². The van der Waals surface area contributed by atoms with Crippen molar-refractivity contribution in [3.8, 4) is 22.9 Å². The maximum atomic E-state index is 11.3. The fourth-order valence-electron chi connectivity index (χ4n) is 6.43. The summed E-state index contributed by atoms with van der Waals surface area (Å²) in [6.07, 6.45) is 6.10. The molecule has 3 N–H and O–H groups in total. The number of anilines is 1. The number of carbonyl (C=O) groups excluding carboxylic acids is 1. The Morgan fingerprint density at radius 2 is 1.73 bits per heavy atom. The molecule has 3 aliphatic rings. The predicted molar refractivity (Wildman–Crippen MR) is 175 cm³/mol. The number of likely N-dealkylation sites (tertiary alicyclic amines) is 1. The van der Waals surface area contributed by atoms with Crippen LogP contribution in [0.3, 0.4) is 0 Å². The third-order valence-corrected chi connectivity index (χ3v) is 9.46. The number of piperidine rings is 1. The Labute approximate surface area is 269 Å². The molecule has 0 atom stereocenters. The van der Waals surface area contributed by atoms with Gasteiger partial charge in [0.05, 0.1) is 11.9 Å². The van der Waals surface area contributed by atoms with E-state index in [-0.39, 0.29) is 5.91 Å². The lowest BCUT2D eigenvalue weighted by molar-refractivity contribution is -0.119. The maximum Gasteiger partial charge on any atom is 0.220 e. The minimum atomic E-state index is 0.0308. The zero-order valence-corrected chi connectivity index (χ0v) is 26.7. The number of nitrogens with one attached hydrogen (secondary N) is 1. The second-order valence-electron chi connectivity index (χ2n) is 12.4. The number of aromatic nitrogens is 2. The van der Waals surface area contributed by atoms with Crippen LogP contribution >= 0.6 is 23.2 Å². The van der Waals surface area contributed by atoms with Crippen molar-refractivity contribution in [3.05, 3.63) is 64.3 Å². The molecular weight excluding hydrogens is 597 g/mol. The molecule has 9 nitrogen and oxygen atoms in total. The fraction of sp³-hybridized carbons (Fsp3) is 0.485. The van der Waals surface area contributed by atoms with E-state index in [0.29, 0.717) is 39.7 Å². The maximum absolute atomic E-state index is 11.3. The molecule has 11 heteroatoms. The molecule has 1 saturated carbocycles. The zero-order valence-electron chi connectivity index (χ0n) is 25.2. The van der Waals surface area contributed by atoms with Crippen LogP contribution in [-0.4, -0.2) is 83.6 Å². The largest absolute Gasteiger partial charge is 0.437 e. The van der Waals surface area contributed by atoms with Crippen molar-refractivity contribution < 1.29 is 9.53 Å². The van der Waals surface area contributed by atoms with Crippen molar-refractivity contribution in [2.75, 3.05) is 50.7 Å². The first kappa shape index (κ1) is 31.0. The highest BCUT2D eigenvalue weighted by Gasteiger charge is 2.33. The lowest BCUT2D eigenvalue weighted by Gasteiger charge is -2.45. The summed E-state index contributed by atoms with van der Waals surface area (Å²) in [5.41, 5.74) is 8.67. The summed E-state index contributed by atoms with van der Waals surface area (Å²) < 4.78 is 6.29. The summed E-state index contributed by atoms with van der Waals surface area (Å²) in [6, 6.07) is 14.5. The van der Waals surface area contributed by atoms with Crippen molar-refractivity contribution in [2.24, 2.45) is 11.7 Å². The molecule has 2 aromatic heterocycles. The molecule has 234 valence electrons. The van der Waals surface area contributed by atoms with E-state index in [1.54, 1.807) is 19.2 Å². The molecule has 2 aliphatic heterocycles. The molecule has 1 aromatic carbocycles. The Morgan fingerprint density at radius 3 is 2.36 bits per heavy atom. The van der Waals surface area contributed by atoms with Crippen LogP contribution in [0.15, 0.2) is 48.7 Å². The van der Waals surface area contributed by atoms with Crippen molar-refractivity contribution in [2.45, 2.75) is 51.2 Å². The van der Waals surface area contributed by atoms with Gasteiger partial charge in [0, 0.05) is 80.0 Å². The molecule has 0 spiro atoms. The molecule has 3 aromatic rings. The van der Waals surface area contributed by atoms with Gasteiger partial charge < -0.3 is 20.7 Å². The lowest BCUT2D eigenvalue weighted by atomic mass is 9.86. The van der Waals surface area contributed by atoms with E-state index >= 15 is 0 Å². The number of hydrogen-bond donors (Lipinski definition) is 2. The Hall–Kier alpha value is -2.95. The summed E-state index contributed by atoms with van der Waals surface area (Å²) in [5.74, 6) is 2.63. The molecule has 1 amide bonds. The molecule has 44 heavy (non-hydrogen) atoms. The summed E-state index contributed by atoms with van der Waals surface area (Å²) in [6.45, 7) is 9.01.